The molecule has 4 rings (SSSR count). The molecular weight excluding hydrogens is 430 g/mol. The Hall–Kier alpha value is -3.06. The molecule has 0 aliphatic carbocycles. The smallest absolute Gasteiger partial charge is 0.225 e. The average molecular weight is 462 g/mol. The summed E-state index contributed by atoms with van der Waals surface area (Å²) in [5.74, 6) is 0.909. The van der Waals surface area contributed by atoms with Gasteiger partial charge in [0.2, 0.25) is 5.91 Å². The largest absolute Gasteiger partial charge is 0.378 e. The van der Waals surface area contributed by atoms with Crippen LogP contribution < -0.4 is 15.1 Å². The highest BCUT2D eigenvalue weighted by molar-refractivity contribution is 7.99. The van der Waals surface area contributed by atoms with E-state index in [9.17, 15) is 4.79 Å². The third-order valence-electron chi connectivity index (χ3n) is 5.89. The van der Waals surface area contributed by atoms with Crippen LogP contribution in [0.4, 0.5) is 11.5 Å². The van der Waals surface area contributed by atoms with Gasteiger partial charge in [0, 0.05) is 56.7 Å². The topological polar surface area (TPSA) is 61.4 Å². The summed E-state index contributed by atoms with van der Waals surface area (Å²) < 4.78 is 0. The summed E-state index contributed by atoms with van der Waals surface area (Å²) in [6, 6.07) is 16.7. The van der Waals surface area contributed by atoms with Crippen LogP contribution in [0.25, 0.3) is 0 Å². The lowest BCUT2D eigenvalue weighted by Gasteiger charge is -2.33. The molecule has 1 amide bonds. The molecule has 0 unspecified atom stereocenters. The van der Waals surface area contributed by atoms with Crippen molar-refractivity contribution in [2.75, 3.05) is 37.0 Å². The Morgan fingerprint density at radius 2 is 1.82 bits per heavy atom. The second-order valence-corrected chi connectivity index (χ2v) is 9.73. The van der Waals surface area contributed by atoms with Crippen molar-refractivity contribution in [1.29, 1.82) is 0 Å². The molecule has 7 heteroatoms. The molecule has 1 aliphatic rings. The lowest BCUT2D eigenvalue weighted by atomic mass is 9.97. The number of nitrogens with zero attached hydrogens (tertiary/aromatic N) is 4. The van der Waals surface area contributed by atoms with Crippen molar-refractivity contribution >= 4 is 29.2 Å². The fraction of sp³-hybridized carbons (Fsp3) is 0.346. The first-order valence-corrected chi connectivity index (χ1v) is 12.2. The van der Waals surface area contributed by atoms with Crippen LogP contribution in [0.15, 0.2) is 70.8 Å². The fourth-order valence-corrected chi connectivity index (χ4v) is 4.84. The van der Waals surface area contributed by atoms with Gasteiger partial charge in [-0.3, -0.25) is 4.79 Å². The van der Waals surface area contributed by atoms with Crippen LogP contribution in [-0.4, -0.2) is 43.1 Å². The van der Waals surface area contributed by atoms with Crippen molar-refractivity contribution in [1.82, 2.24) is 15.3 Å². The van der Waals surface area contributed by atoms with Crippen molar-refractivity contribution < 1.29 is 4.79 Å². The second-order valence-electron chi connectivity index (χ2n) is 8.66. The van der Waals surface area contributed by atoms with E-state index < -0.39 is 0 Å². The van der Waals surface area contributed by atoms with Crippen molar-refractivity contribution in [3.8, 4) is 0 Å². The minimum absolute atomic E-state index is 0.0565. The zero-order chi connectivity index (χ0) is 23.2. The Balaban J connectivity index is 1.39. The summed E-state index contributed by atoms with van der Waals surface area (Å²) in [6.07, 6.45) is 5.31. The lowest BCUT2D eigenvalue weighted by Crippen LogP contribution is -2.43. The summed E-state index contributed by atoms with van der Waals surface area (Å²) in [4.78, 5) is 27.6. The molecule has 172 valence electrons. The van der Waals surface area contributed by atoms with Crippen LogP contribution in [0.1, 0.15) is 24.0 Å². The van der Waals surface area contributed by atoms with Gasteiger partial charge in [-0.15, -0.1) is 0 Å². The predicted molar refractivity (Wildman–Crippen MR) is 135 cm³/mol. The number of piperidine rings is 1. The minimum atomic E-state index is -0.0565. The van der Waals surface area contributed by atoms with E-state index in [4.69, 9.17) is 0 Å². The zero-order valence-electron chi connectivity index (χ0n) is 19.5. The Bertz CT molecular complexity index is 1070. The van der Waals surface area contributed by atoms with Crippen molar-refractivity contribution in [2.24, 2.45) is 5.92 Å². The van der Waals surface area contributed by atoms with Crippen LogP contribution in [0, 0.1) is 12.8 Å². The number of anilines is 2. The summed E-state index contributed by atoms with van der Waals surface area (Å²) in [5, 5.41) is 4.01. The number of benzene rings is 2. The molecule has 1 fully saturated rings. The van der Waals surface area contributed by atoms with Gasteiger partial charge >= 0.3 is 0 Å². The van der Waals surface area contributed by atoms with Gasteiger partial charge in [0.25, 0.3) is 0 Å². The number of hydrogen-bond donors (Lipinski definition) is 1. The van der Waals surface area contributed by atoms with E-state index in [1.807, 2.05) is 14.1 Å². The summed E-state index contributed by atoms with van der Waals surface area (Å²) in [6.45, 7) is 4.17. The number of hydrogen-bond acceptors (Lipinski definition) is 6. The molecule has 0 saturated carbocycles. The van der Waals surface area contributed by atoms with Gasteiger partial charge in [0.15, 0.2) is 5.82 Å². The highest BCUT2D eigenvalue weighted by Crippen LogP contribution is 2.34. The van der Waals surface area contributed by atoms with Crippen LogP contribution >= 0.6 is 11.8 Å². The molecule has 0 spiro atoms. The van der Waals surface area contributed by atoms with Gasteiger partial charge in [-0.2, -0.15) is 0 Å². The van der Waals surface area contributed by atoms with Gasteiger partial charge in [-0.25, -0.2) is 9.97 Å². The van der Waals surface area contributed by atoms with Crippen LogP contribution in [0.5, 0.6) is 0 Å². The molecule has 0 bridgehead atoms. The minimum Gasteiger partial charge on any atom is -0.378 e. The Kier molecular flexibility index (Phi) is 7.50. The maximum absolute atomic E-state index is 12.9. The molecule has 0 radical (unpaired) electrons. The van der Waals surface area contributed by atoms with Gasteiger partial charge in [-0.1, -0.05) is 41.6 Å². The highest BCUT2D eigenvalue weighted by atomic mass is 32.2. The van der Waals surface area contributed by atoms with E-state index in [-0.39, 0.29) is 11.8 Å². The van der Waals surface area contributed by atoms with Gasteiger partial charge in [0.05, 0.1) is 5.92 Å². The molecule has 33 heavy (non-hydrogen) atoms. The number of carbonyl (C=O) groups is 1. The van der Waals surface area contributed by atoms with Gasteiger partial charge in [-0.05, 0) is 49.6 Å². The van der Waals surface area contributed by atoms with Gasteiger partial charge < -0.3 is 15.1 Å². The Morgan fingerprint density at radius 3 is 2.55 bits per heavy atom. The molecule has 6 nitrogen and oxygen atoms in total. The first-order valence-electron chi connectivity index (χ1n) is 11.3. The van der Waals surface area contributed by atoms with Crippen LogP contribution in [-0.2, 0) is 11.3 Å². The van der Waals surface area contributed by atoms with Gasteiger partial charge in [0.1, 0.15) is 5.03 Å². The summed E-state index contributed by atoms with van der Waals surface area (Å²) >= 11 is 1.62. The van der Waals surface area contributed by atoms with E-state index in [2.05, 4.69) is 80.5 Å². The van der Waals surface area contributed by atoms with E-state index in [1.165, 1.54) is 5.56 Å². The number of carbonyl (C=O) groups excluding carboxylic acids is 1. The number of rotatable bonds is 7. The monoisotopic (exact) mass is 461 g/mol. The van der Waals surface area contributed by atoms with E-state index in [0.29, 0.717) is 13.1 Å². The maximum atomic E-state index is 12.9. The van der Waals surface area contributed by atoms with Crippen molar-refractivity contribution in [2.45, 2.75) is 36.2 Å². The molecule has 2 heterocycles. The molecular formula is C26H31N5OS. The molecule has 1 N–H and O–H groups in total. The maximum Gasteiger partial charge on any atom is 0.225 e. The predicted octanol–water partition coefficient (Wildman–Crippen LogP) is 4.54. The summed E-state index contributed by atoms with van der Waals surface area (Å²) in [5.41, 5.74) is 3.49. The third-order valence-corrected chi connectivity index (χ3v) is 6.88. The molecule has 1 saturated heterocycles. The molecule has 2 aromatic carbocycles. The number of nitrogens with one attached hydrogen (secondary N) is 1. The highest BCUT2D eigenvalue weighted by Gasteiger charge is 2.28. The first kappa shape index (κ1) is 23.1. The quantitative estimate of drug-likeness (QED) is 0.558. The standard InChI is InChI=1S/C26H31N5OS/c1-19-6-12-23(13-7-19)33-26-24(27-14-15-28-26)31-16-4-5-21(18-31)25(32)29-17-20-8-10-22(11-9-20)30(2)3/h6-15,21H,4-5,16-18H2,1-3H3,(H,29,32)/t21-/m0/s1. The SMILES string of the molecule is Cc1ccc(Sc2nccnc2N2CCC[C@H](C(=O)NCc3ccc(N(C)C)cc3)C2)cc1. The number of amides is 1. The molecule has 3 aromatic rings. The average Bonchev–Trinajstić information content (AvgIpc) is 2.84. The Labute approximate surface area is 200 Å². The van der Waals surface area contributed by atoms with Crippen molar-refractivity contribution in [3.05, 3.63) is 72.1 Å². The normalized spacial score (nSPS) is 15.8. The second kappa shape index (κ2) is 10.7. The molecule has 1 atom stereocenters. The van der Waals surface area contributed by atoms with Crippen LogP contribution in [0.2, 0.25) is 0 Å². The number of aryl methyl sites for hydroxylation is 1. The third kappa shape index (κ3) is 6.05. The van der Waals surface area contributed by atoms with E-state index in [1.54, 1.807) is 24.2 Å². The molecule has 1 aromatic heterocycles. The zero-order valence-corrected chi connectivity index (χ0v) is 20.3. The lowest BCUT2D eigenvalue weighted by molar-refractivity contribution is -0.125. The van der Waals surface area contributed by atoms with Crippen LogP contribution in [0.3, 0.4) is 0 Å². The Morgan fingerprint density at radius 1 is 1.09 bits per heavy atom. The number of aromatic nitrogens is 2. The fourth-order valence-electron chi connectivity index (χ4n) is 3.95. The first-order chi connectivity index (χ1) is 16.0. The van der Waals surface area contributed by atoms with E-state index >= 15 is 0 Å². The van der Waals surface area contributed by atoms with Crippen molar-refractivity contribution in [3.63, 3.8) is 0 Å². The molecule has 1 aliphatic heterocycles. The van der Waals surface area contributed by atoms with E-state index in [0.717, 1.165) is 46.4 Å². The summed E-state index contributed by atoms with van der Waals surface area (Å²) in [7, 11) is 4.04.